The predicted molar refractivity (Wildman–Crippen MR) is 134 cm³/mol. The van der Waals surface area contributed by atoms with Crippen LogP contribution in [0.3, 0.4) is 0 Å². The SMILES string of the molecule is CN1CCN(Cc2ccc3nc(-c4cccc5c4C=CC5)nc(N4CCOCC4)c3c2)CC1. The summed E-state index contributed by atoms with van der Waals surface area (Å²) in [6.07, 6.45) is 5.43. The normalized spacial score (nSPS) is 19.4. The summed E-state index contributed by atoms with van der Waals surface area (Å²) in [5.74, 6) is 1.86. The van der Waals surface area contributed by atoms with Gasteiger partial charge in [-0.15, -0.1) is 0 Å². The second kappa shape index (κ2) is 8.86. The van der Waals surface area contributed by atoms with Crippen LogP contribution in [0.15, 0.2) is 42.5 Å². The largest absolute Gasteiger partial charge is 0.378 e. The van der Waals surface area contributed by atoms with Crippen LogP contribution in [0.4, 0.5) is 5.82 Å². The Balaban J connectivity index is 1.42. The second-order valence-electron chi connectivity index (χ2n) is 9.39. The molecule has 3 heterocycles. The molecule has 0 spiro atoms. The average molecular weight is 442 g/mol. The molecule has 0 bridgehead atoms. The van der Waals surface area contributed by atoms with Crippen molar-refractivity contribution in [3.05, 3.63) is 59.2 Å². The van der Waals surface area contributed by atoms with Crippen LogP contribution in [-0.4, -0.2) is 79.3 Å². The van der Waals surface area contributed by atoms with E-state index in [1.165, 1.54) is 16.7 Å². The number of fused-ring (bicyclic) bond motifs is 2. The van der Waals surface area contributed by atoms with Gasteiger partial charge in [-0.1, -0.05) is 36.4 Å². The molecule has 2 fully saturated rings. The van der Waals surface area contributed by atoms with E-state index in [0.29, 0.717) is 0 Å². The van der Waals surface area contributed by atoms with E-state index < -0.39 is 0 Å². The van der Waals surface area contributed by atoms with Crippen LogP contribution >= 0.6 is 0 Å². The molecule has 6 nitrogen and oxygen atoms in total. The van der Waals surface area contributed by atoms with Crippen LogP contribution in [0.1, 0.15) is 16.7 Å². The number of aromatic nitrogens is 2. The van der Waals surface area contributed by atoms with Crippen LogP contribution in [0.2, 0.25) is 0 Å². The Hall–Kier alpha value is -2.80. The van der Waals surface area contributed by atoms with Gasteiger partial charge in [-0.3, -0.25) is 4.90 Å². The molecule has 0 saturated carbocycles. The number of ether oxygens (including phenoxy) is 1. The van der Waals surface area contributed by atoms with Crippen molar-refractivity contribution in [2.45, 2.75) is 13.0 Å². The van der Waals surface area contributed by atoms with Gasteiger partial charge in [-0.25, -0.2) is 9.97 Å². The highest BCUT2D eigenvalue weighted by molar-refractivity contribution is 5.92. The van der Waals surface area contributed by atoms with E-state index in [1.807, 2.05) is 0 Å². The van der Waals surface area contributed by atoms with Gasteiger partial charge in [0, 0.05) is 56.8 Å². The quantitative estimate of drug-likeness (QED) is 0.618. The molecule has 1 aliphatic carbocycles. The maximum absolute atomic E-state index is 5.64. The first-order valence-corrected chi connectivity index (χ1v) is 12.1. The zero-order valence-electron chi connectivity index (χ0n) is 19.3. The minimum atomic E-state index is 0.741. The molecule has 0 atom stereocenters. The Morgan fingerprint density at radius 1 is 0.939 bits per heavy atom. The van der Waals surface area contributed by atoms with Crippen LogP contribution in [-0.2, 0) is 17.7 Å². The van der Waals surface area contributed by atoms with Gasteiger partial charge in [-0.05, 0) is 42.3 Å². The van der Waals surface area contributed by atoms with E-state index >= 15 is 0 Å². The molecule has 0 radical (unpaired) electrons. The molecule has 2 aliphatic heterocycles. The third kappa shape index (κ3) is 4.14. The van der Waals surface area contributed by atoms with E-state index in [4.69, 9.17) is 14.7 Å². The van der Waals surface area contributed by atoms with Crippen LogP contribution in [0.25, 0.3) is 28.4 Å². The molecule has 170 valence electrons. The van der Waals surface area contributed by atoms with Crippen molar-refractivity contribution in [3.63, 3.8) is 0 Å². The highest BCUT2D eigenvalue weighted by Gasteiger charge is 2.21. The van der Waals surface area contributed by atoms with Gasteiger partial charge in [0.05, 0.1) is 18.7 Å². The Bertz CT molecular complexity index is 1190. The van der Waals surface area contributed by atoms with E-state index in [9.17, 15) is 0 Å². The smallest absolute Gasteiger partial charge is 0.162 e. The number of likely N-dealkylation sites (N-methyl/N-ethyl adjacent to an activating group) is 1. The molecule has 6 heteroatoms. The Kier molecular flexibility index (Phi) is 5.58. The molecular formula is C27H31N5O. The van der Waals surface area contributed by atoms with Crippen molar-refractivity contribution in [1.82, 2.24) is 19.8 Å². The molecule has 3 aromatic rings. The number of hydrogen-bond acceptors (Lipinski definition) is 6. The topological polar surface area (TPSA) is 44.7 Å². The first kappa shape index (κ1) is 20.8. The first-order chi connectivity index (χ1) is 16.2. The summed E-state index contributed by atoms with van der Waals surface area (Å²) in [6.45, 7) is 8.69. The summed E-state index contributed by atoms with van der Waals surface area (Å²) < 4.78 is 5.64. The summed E-state index contributed by atoms with van der Waals surface area (Å²) in [6, 6.07) is 13.2. The van der Waals surface area contributed by atoms with E-state index in [1.54, 1.807) is 0 Å². The molecule has 33 heavy (non-hydrogen) atoms. The molecule has 3 aliphatic rings. The second-order valence-corrected chi connectivity index (χ2v) is 9.39. The Morgan fingerprint density at radius 3 is 2.64 bits per heavy atom. The van der Waals surface area contributed by atoms with E-state index in [2.05, 4.69) is 70.3 Å². The molecule has 6 rings (SSSR count). The van der Waals surface area contributed by atoms with Crippen molar-refractivity contribution in [3.8, 4) is 11.4 Å². The minimum Gasteiger partial charge on any atom is -0.378 e. The zero-order chi connectivity index (χ0) is 22.2. The number of allylic oxidation sites excluding steroid dienone is 1. The number of piperazine rings is 1. The summed E-state index contributed by atoms with van der Waals surface area (Å²) >= 11 is 0. The van der Waals surface area contributed by atoms with Crippen molar-refractivity contribution in [2.24, 2.45) is 0 Å². The van der Waals surface area contributed by atoms with Gasteiger partial charge in [-0.2, -0.15) is 0 Å². The number of rotatable bonds is 4. The fourth-order valence-electron chi connectivity index (χ4n) is 5.15. The molecule has 2 aromatic carbocycles. The maximum atomic E-state index is 5.64. The van der Waals surface area contributed by atoms with Crippen LogP contribution in [0, 0.1) is 0 Å². The predicted octanol–water partition coefficient (Wildman–Crippen LogP) is 3.45. The van der Waals surface area contributed by atoms with Gasteiger partial charge < -0.3 is 14.5 Å². The van der Waals surface area contributed by atoms with Crippen LogP contribution in [0.5, 0.6) is 0 Å². The number of morpholine rings is 1. The van der Waals surface area contributed by atoms with Crippen LogP contribution < -0.4 is 4.90 Å². The summed E-state index contributed by atoms with van der Waals surface area (Å²) in [7, 11) is 2.20. The fourth-order valence-corrected chi connectivity index (χ4v) is 5.15. The van der Waals surface area contributed by atoms with Crippen molar-refractivity contribution in [2.75, 3.05) is 64.4 Å². The number of benzene rings is 2. The van der Waals surface area contributed by atoms with Crippen molar-refractivity contribution >= 4 is 22.8 Å². The number of nitrogens with zero attached hydrogens (tertiary/aromatic N) is 5. The lowest BCUT2D eigenvalue weighted by Crippen LogP contribution is -2.43. The Morgan fingerprint density at radius 2 is 1.79 bits per heavy atom. The van der Waals surface area contributed by atoms with Gasteiger partial charge in [0.15, 0.2) is 5.82 Å². The molecule has 1 aromatic heterocycles. The highest BCUT2D eigenvalue weighted by atomic mass is 16.5. The van der Waals surface area contributed by atoms with Gasteiger partial charge in [0.2, 0.25) is 0 Å². The van der Waals surface area contributed by atoms with E-state index in [0.717, 1.165) is 93.6 Å². The molecule has 0 amide bonds. The van der Waals surface area contributed by atoms with E-state index in [-0.39, 0.29) is 0 Å². The number of hydrogen-bond donors (Lipinski definition) is 0. The van der Waals surface area contributed by atoms with Gasteiger partial charge in [0.1, 0.15) is 5.82 Å². The molecule has 2 saturated heterocycles. The molecule has 0 N–H and O–H groups in total. The van der Waals surface area contributed by atoms with Crippen molar-refractivity contribution in [1.29, 1.82) is 0 Å². The van der Waals surface area contributed by atoms with Crippen molar-refractivity contribution < 1.29 is 4.74 Å². The lowest BCUT2D eigenvalue weighted by molar-refractivity contribution is 0.122. The summed E-state index contributed by atoms with van der Waals surface area (Å²) in [5, 5.41) is 1.15. The molecular weight excluding hydrogens is 410 g/mol. The third-order valence-electron chi connectivity index (χ3n) is 7.11. The molecule has 0 unspecified atom stereocenters. The lowest BCUT2D eigenvalue weighted by atomic mass is 10.0. The standard InChI is InChI=1S/C27H31N5O/c1-30-10-12-31(13-11-30)19-20-8-9-25-24(18-20)27(32-14-16-33-17-15-32)29-26(28-25)23-7-3-5-21-4-2-6-22(21)23/h2-3,5-9,18H,4,10-17,19H2,1H3. The highest BCUT2D eigenvalue weighted by Crippen LogP contribution is 2.33. The first-order valence-electron chi connectivity index (χ1n) is 12.1. The zero-order valence-corrected chi connectivity index (χ0v) is 19.3. The monoisotopic (exact) mass is 441 g/mol. The third-order valence-corrected chi connectivity index (χ3v) is 7.11. The minimum absolute atomic E-state index is 0.741. The average Bonchev–Trinajstić information content (AvgIpc) is 3.34. The van der Waals surface area contributed by atoms with Gasteiger partial charge in [0.25, 0.3) is 0 Å². The summed E-state index contributed by atoms with van der Waals surface area (Å²) in [5.41, 5.74) is 6.09. The van der Waals surface area contributed by atoms with Gasteiger partial charge >= 0.3 is 0 Å². The lowest BCUT2D eigenvalue weighted by Gasteiger charge is -2.32. The summed E-state index contributed by atoms with van der Waals surface area (Å²) in [4.78, 5) is 17.5. The number of anilines is 1. The fraction of sp³-hybridized carbons (Fsp3) is 0.407. The Labute approximate surface area is 195 Å². The maximum Gasteiger partial charge on any atom is 0.162 e.